The highest BCUT2D eigenvalue weighted by Gasteiger charge is 2.57. The van der Waals surface area contributed by atoms with Crippen LogP contribution in [0.25, 0.3) is 0 Å². The Hall–Kier alpha value is -3.74. The Morgan fingerprint density at radius 3 is 2.45 bits per heavy atom. The van der Waals surface area contributed by atoms with Crippen molar-refractivity contribution in [3.63, 3.8) is 0 Å². The molecular formula is C30H34F3N3O6. The zero-order chi connectivity index (χ0) is 30.8. The summed E-state index contributed by atoms with van der Waals surface area (Å²) in [6.07, 6.45) is 1.26. The molecule has 0 radical (unpaired) electrons. The van der Waals surface area contributed by atoms with Gasteiger partial charge in [0, 0.05) is 42.9 Å². The number of carbonyl (C=O) groups excluding carboxylic acids is 3. The SMILES string of the molecule is CC(COC(C)(C)O)C1CNC(=O)C2N1C=C(C(=O)NCc1c(F)cc(F)cc1F)C(=O)C2(C)OCc1ccccc1. The van der Waals surface area contributed by atoms with Gasteiger partial charge in [0.05, 0.1) is 19.3 Å². The van der Waals surface area contributed by atoms with Gasteiger partial charge in [0.15, 0.2) is 11.4 Å². The fourth-order valence-electron chi connectivity index (χ4n) is 5.10. The van der Waals surface area contributed by atoms with Crippen LogP contribution in [-0.2, 0) is 37.0 Å². The molecule has 0 saturated carbocycles. The maximum atomic E-state index is 14.2. The maximum Gasteiger partial charge on any atom is 0.256 e. The predicted octanol–water partition coefficient (Wildman–Crippen LogP) is 2.71. The van der Waals surface area contributed by atoms with Gasteiger partial charge in [0.25, 0.3) is 5.91 Å². The van der Waals surface area contributed by atoms with Crippen LogP contribution in [0.2, 0.25) is 0 Å². The van der Waals surface area contributed by atoms with Crippen LogP contribution in [0.1, 0.15) is 38.8 Å². The lowest BCUT2D eigenvalue weighted by molar-refractivity contribution is -0.190. The molecule has 2 heterocycles. The lowest BCUT2D eigenvalue weighted by atomic mass is 9.79. The van der Waals surface area contributed by atoms with E-state index in [1.807, 2.05) is 13.0 Å². The smallest absolute Gasteiger partial charge is 0.256 e. The molecule has 2 aromatic rings. The van der Waals surface area contributed by atoms with Crippen LogP contribution in [-0.4, -0.2) is 64.2 Å². The Morgan fingerprint density at radius 1 is 1.19 bits per heavy atom. The van der Waals surface area contributed by atoms with Crippen molar-refractivity contribution in [2.24, 2.45) is 5.92 Å². The molecule has 0 spiro atoms. The Kier molecular flexibility index (Phi) is 9.09. The molecule has 2 aromatic carbocycles. The number of Topliss-reactive ketones (excluding diaryl/α,β-unsaturated/α-hetero) is 1. The van der Waals surface area contributed by atoms with Crippen molar-refractivity contribution in [2.45, 2.75) is 64.3 Å². The molecule has 2 aliphatic heterocycles. The van der Waals surface area contributed by atoms with Crippen molar-refractivity contribution in [2.75, 3.05) is 13.2 Å². The first-order valence-corrected chi connectivity index (χ1v) is 13.5. The van der Waals surface area contributed by atoms with E-state index in [1.54, 1.807) is 29.2 Å². The van der Waals surface area contributed by atoms with Gasteiger partial charge in [-0.1, -0.05) is 37.3 Å². The second-order valence-electron chi connectivity index (χ2n) is 11.2. The van der Waals surface area contributed by atoms with Gasteiger partial charge < -0.3 is 30.1 Å². The first-order chi connectivity index (χ1) is 19.7. The third-order valence-electron chi connectivity index (χ3n) is 7.42. The number of benzene rings is 2. The van der Waals surface area contributed by atoms with Gasteiger partial charge in [-0.05, 0) is 26.3 Å². The number of hydrogen-bond acceptors (Lipinski definition) is 7. The van der Waals surface area contributed by atoms with E-state index in [1.165, 1.54) is 27.0 Å². The quantitative estimate of drug-likeness (QED) is 0.288. The summed E-state index contributed by atoms with van der Waals surface area (Å²) in [4.78, 5) is 42.1. The fourth-order valence-corrected chi connectivity index (χ4v) is 5.10. The molecule has 4 unspecified atom stereocenters. The van der Waals surface area contributed by atoms with Crippen LogP contribution >= 0.6 is 0 Å². The number of amides is 2. The average molecular weight is 590 g/mol. The van der Waals surface area contributed by atoms with Crippen molar-refractivity contribution in [3.8, 4) is 0 Å². The topological polar surface area (TPSA) is 117 Å². The summed E-state index contributed by atoms with van der Waals surface area (Å²) < 4.78 is 53.4. The van der Waals surface area contributed by atoms with Gasteiger partial charge in [0.2, 0.25) is 11.7 Å². The van der Waals surface area contributed by atoms with E-state index in [4.69, 9.17) is 9.47 Å². The zero-order valence-corrected chi connectivity index (χ0v) is 23.7. The van der Waals surface area contributed by atoms with E-state index in [0.717, 1.165) is 5.56 Å². The number of ketones is 1. The van der Waals surface area contributed by atoms with E-state index in [-0.39, 0.29) is 31.2 Å². The Bertz CT molecular complexity index is 1360. The van der Waals surface area contributed by atoms with E-state index in [9.17, 15) is 32.7 Å². The summed E-state index contributed by atoms with van der Waals surface area (Å²) >= 11 is 0. The second kappa shape index (κ2) is 12.2. The summed E-state index contributed by atoms with van der Waals surface area (Å²) in [5.41, 5.74) is -2.09. The average Bonchev–Trinajstić information content (AvgIpc) is 2.92. The molecule has 9 nitrogen and oxygen atoms in total. The van der Waals surface area contributed by atoms with Crippen LogP contribution in [0.4, 0.5) is 13.2 Å². The monoisotopic (exact) mass is 589 g/mol. The van der Waals surface area contributed by atoms with Crippen LogP contribution in [0.3, 0.4) is 0 Å². The molecule has 0 aliphatic carbocycles. The summed E-state index contributed by atoms with van der Waals surface area (Å²) in [6, 6.07) is 8.27. The van der Waals surface area contributed by atoms with Crippen molar-refractivity contribution in [3.05, 3.63) is 82.8 Å². The number of hydrogen-bond donors (Lipinski definition) is 3. The molecule has 0 aromatic heterocycles. The molecule has 42 heavy (non-hydrogen) atoms. The van der Waals surface area contributed by atoms with Crippen LogP contribution < -0.4 is 10.6 Å². The molecular weight excluding hydrogens is 555 g/mol. The number of ether oxygens (including phenoxy) is 2. The van der Waals surface area contributed by atoms with E-state index in [0.29, 0.717) is 12.1 Å². The Morgan fingerprint density at radius 2 is 1.83 bits per heavy atom. The molecule has 4 atom stereocenters. The molecule has 12 heteroatoms. The van der Waals surface area contributed by atoms with Gasteiger partial charge in [-0.2, -0.15) is 0 Å². The van der Waals surface area contributed by atoms with Gasteiger partial charge in [0.1, 0.15) is 29.1 Å². The second-order valence-corrected chi connectivity index (χ2v) is 11.2. The standard InChI is InChI=1S/C30H34F3N3O6/c1-17(15-41-29(2,3)40)24-13-35-28(39)25-30(4,42-16-18-8-6-5-7-9-18)26(37)21(14-36(24)25)27(38)34-12-20-22(32)10-19(31)11-23(20)33/h5-11,14,17,24-25,40H,12-13,15-16H2,1-4H3,(H,34,38)(H,35,39). The highest BCUT2D eigenvalue weighted by Crippen LogP contribution is 2.36. The number of nitrogens with one attached hydrogen (secondary N) is 2. The number of piperazine rings is 1. The van der Waals surface area contributed by atoms with Crippen LogP contribution in [0.15, 0.2) is 54.2 Å². The van der Waals surface area contributed by atoms with Gasteiger partial charge in [-0.25, -0.2) is 13.2 Å². The first-order valence-electron chi connectivity index (χ1n) is 13.5. The minimum Gasteiger partial charge on any atom is -0.366 e. The number of aliphatic hydroxyl groups is 1. The van der Waals surface area contributed by atoms with E-state index < -0.39 is 70.6 Å². The van der Waals surface area contributed by atoms with E-state index in [2.05, 4.69) is 10.6 Å². The van der Waals surface area contributed by atoms with Crippen molar-refractivity contribution in [1.82, 2.24) is 15.5 Å². The predicted molar refractivity (Wildman–Crippen MR) is 145 cm³/mol. The summed E-state index contributed by atoms with van der Waals surface area (Å²) in [7, 11) is 0. The third kappa shape index (κ3) is 6.66. The van der Waals surface area contributed by atoms with Gasteiger partial charge >= 0.3 is 0 Å². The summed E-state index contributed by atoms with van der Waals surface area (Å²) in [5.74, 6) is -7.47. The normalized spacial score (nSPS) is 23.1. The van der Waals surface area contributed by atoms with Crippen molar-refractivity contribution < 1.29 is 42.1 Å². The number of nitrogens with zero attached hydrogens (tertiary/aromatic N) is 1. The van der Waals surface area contributed by atoms with Crippen molar-refractivity contribution in [1.29, 1.82) is 0 Å². The minimum absolute atomic E-state index is 0.0520. The number of carbonyl (C=O) groups is 3. The highest BCUT2D eigenvalue weighted by atomic mass is 19.1. The molecule has 2 aliphatic rings. The Balaban J connectivity index is 1.68. The number of rotatable bonds is 10. The molecule has 0 bridgehead atoms. The zero-order valence-electron chi connectivity index (χ0n) is 23.7. The van der Waals surface area contributed by atoms with Crippen molar-refractivity contribution >= 4 is 17.6 Å². The molecule has 3 N–H and O–H groups in total. The molecule has 4 rings (SSSR count). The highest BCUT2D eigenvalue weighted by molar-refractivity contribution is 6.24. The lowest BCUT2D eigenvalue weighted by Gasteiger charge is -2.52. The largest absolute Gasteiger partial charge is 0.366 e. The maximum absolute atomic E-state index is 14.2. The minimum atomic E-state index is -1.84. The third-order valence-corrected chi connectivity index (χ3v) is 7.42. The van der Waals surface area contributed by atoms with Crippen LogP contribution in [0, 0.1) is 23.4 Å². The number of fused-ring (bicyclic) bond motifs is 1. The van der Waals surface area contributed by atoms with Gasteiger partial charge in [-0.3, -0.25) is 14.4 Å². The van der Waals surface area contributed by atoms with Gasteiger partial charge in [-0.15, -0.1) is 0 Å². The molecule has 226 valence electrons. The lowest BCUT2D eigenvalue weighted by Crippen LogP contribution is -2.72. The first kappa shape index (κ1) is 31.2. The number of halogens is 3. The molecule has 1 saturated heterocycles. The summed E-state index contributed by atoms with van der Waals surface area (Å²) in [5, 5.41) is 15.2. The molecule has 1 fully saturated rings. The fraction of sp³-hybridized carbons (Fsp3) is 0.433. The summed E-state index contributed by atoms with van der Waals surface area (Å²) in [6.45, 7) is 5.73. The van der Waals surface area contributed by atoms with E-state index >= 15 is 0 Å². The molecule has 2 amide bonds. The Labute approximate surface area is 241 Å². The van der Waals surface area contributed by atoms with Crippen LogP contribution in [0.5, 0.6) is 0 Å².